The number of benzene rings is 1. The monoisotopic (exact) mass is 340 g/mol. The van der Waals surface area contributed by atoms with Crippen molar-refractivity contribution >= 4 is 10.9 Å². The second kappa shape index (κ2) is 8.09. The lowest BCUT2D eigenvalue weighted by Crippen LogP contribution is -2.27. The predicted molar refractivity (Wildman–Crippen MR) is 97.3 cm³/mol. The summed E-state index contributed by atoms with van der Waals surface area (Å²) in [5, 5.41) is 10.4. The van der Waals surface area contributed by atoms with Gasteiger partial charge in [0.2, 0.25) is 0 Å². The molecule has 0 radical (unpaired) electrons. The van der Waals surface area contributed by atoms with Gasteiger partial charge in [0.25, 0.3) is 0 Å². The van der Waals surface area contributed by atoms with Crippen molar-refractivity contribution in [1.82, 2.24) is 19.4 Å². The summed E-state index contributed by atoms with van der Waals surface area (Å²) < 4.78 is 7.53. The molecule has 0 unspecified atom stereocenters. The fraction of sp³-hybridized carbons (Fsp3) is 0.368. The molecule has 0 fully saturated rings. The molecule has 0 spiro atoms. The third kappa shape index (κ3) is 4.35. The maximum atomic E-state index is 9.37. The quantitative estimate of drug-likeness (QED) is 0.682. The SMILES string of the molecule is CCOc1ccc2nc(CN(CCO)Cc3cncn3C)ccc2c1. The number of aryl methyl sites for hydroxylation is 1. The molecule has 0 aliphatic rings. The molecular weight excluding hydrogens is 316 g/mol. The highest BCUT2D eigenvalue weighted by Crippen LogP contribution is 2.20. The van der Waals surface area contributed by atoms with Crippen molar-refractivity contribution in [2.24, 2.45) is 7.05 Å². The highest BCUT2D eigenvalue weighted by molar-refractivity contribution is 5.80. The molecule has 1 N–H and O–H groups in total. The van der Waals surface area contributed by atoms with Crippen molar-refractivity contribution in [3.8, 4) is 5.75 Å². The number of imidazole rings is 1. The van der Waals surface area contributed by atoms with E-state index in [9.17, 15) is 5.11 Å². The molecule has 3 rings (SSSR count). The second-order valence-electron chi connectivity index (χ2n) is 6.02. The smallest absolute Gasteiger partial charge is 0.120 e. The maximum absolute atomic E-state index is 9.37. The Labute approximate surface area is 147 Å². The van der Waals surface area contributed by atoms with Gasteiger partial charge in [-0.25, -0.2) is 4.98 Å². The first-order valence-electron chi connectivity index (χ1n) is 8.50. The van der Waals surface area contributed by atoms with Crippen LogP contribution >= 0.6 is 0 Å². The number of hydrogen-bond donors (Lipinski definition) is 1. The number of aromatic nitrogens is 3. The van der Waals surface area contributed by atoms with Gasteiger partial charge >= 0.3 is 0 Å². The van der Waals surface area contributed by atoms with Crippen LogP contribution in [0.3, 0.4) is 0 Å². The van der Waals surface area contributed by atoms with Gasteiger partial charge in [-0.15, -0.1) is 0 Å². The van der Waals surface area contributed by atoms with Crippen LogP contribution in [0.5, 0.6) is 5.75 Å². The molecule has 0 amide bonds. The molecule has 0 aliphatic carbocycles. The minimum atomic E-state index is 0.114. The van der Waals surface area contributed by atoms with E-state index in [4.69, 9.17) is 9.72 Å². The van der Waals surface area contributed by atoms with Crippen molar-refractivity contribution in [2.45, 2.75) is 20.0 Å². The molecule has 2 heterocycles. The molecule has 1 aromatic carbocycles. The number of pyridine rings is 1. The Hall–Kier alpha value is -2.44. The zero-order valence-electron chi connectivity index (χ0n) is 14.7. The minimum absolute atomic E-state index is 0.114. The second-order valence-corrected chi connectivity index (χ2v) is 6.02. The molecule has 132 valence electrons. The van der Waals surface area contributed by atoms with Gasteiger partial charge in [0, 0.05) is 38.3 Å². The topological polar surface area (TPSA) is 63.4 Å². The van der Waals surface area contributed by atoms with Gasteiger partial charge in [-0.1, -0.05) is 6.07 Å². The number of aliphatic hydroxyl groups excluding tert-OH is 1. The first-order valence-corrected chi connectivity index (χ1v) is 8.50. The third-order valence-electron chi connectivity index (χ3n) is 4.13. The number of rotatable bonds is 8. The summed E-state index contributed by atoms with van der Waals surface area (Å²) in [5.41, 5.74) is 3.04. The van der Waals surface area contributed by atoms with Crippen LogP contribution in [-0.4, -0.2) is 44.3 Å². The molecule has 3 aromatic rings. The Morgan fingerprint density at radius 2 is 2.08 bits per heavy atom. The molecule has 25 heavy (non-hydrogen) atoms. The van der Waals surface area contributed by atoms with Gasteiger partial charge < -0.3 is 14.4 Å². The summed E-state index contributed by atoms with van der Waals surface area (Å²) in [6.45, 7) is 4.73. The summed E-state index contributed by atoms with van der Waals surface area (Å²) in [4.78, 5) is 11.1. The largest absolute Gasteiger partial charge is 0.494 e. The van der Waals surface area contributed by atoms with Crippen LogP contribution in [0.4, 0.5) is 0 Å². The van der Waals surface area contributed by atoms with Crippen LogP contribution in [0.15, 0.2) is 42.9 Å². The zero-order valence-corrected chi connectivity index (χ0v) is 14.7. The highest BCUT2D eigenvalue weighted by atomic mass is 16.5. The molecule has 0 aliphatic heterocycles. The average molecular weight is 340 g/mol. The molecule has 2 aromatic heterocycles. The Morgan fingerprint density at radius 3 is 2.80 bits per heavy atom. The maximum Gasteiger partial charge on any atom is 0.120 e. The molecule has 0 saturated carbocycles. The van der Waals surface area contributed by atoms with Gasteiger partial charge in [0.05, 0.1) is 36.4 Å². The lowest BCUT2D eigenvalue weighted by molar-refractivity contribution is 0.180. The van der Waals surface area contributed by atoms with Gasteiger partial charge in [0.1, 0.15) is 5.75 Å². The molecule has 6 heteroatoms. The van der Waals surface area contributed by atoms with Crippen LogP contribution in [0, 0.1) is 0 Å². The number of aliphatic hydroxyl groups is 1. The number of hydrogen-bond acceptors (Lipinski definition) is 5. The van der Waals surface area contributed by atoms with Gasteiger partial charge in [0.15, 0.2) is 0 Å². The summed E-state index contributed by atoms with van der Waals surface area (Å²) in [6, 6.07) is 10.1. The zero-order chi connectivity index (χ0) is 17.6. The molecule has 0 atom stereocenters. The van der Waals surface area contributed by atoms with Gasteiger partial charge in [-0.2, -0.15) is 0 Å². The van der Waals surface area contributed by atoms with E-state index < -0.39 is 0 Å². The Kier molecular flexibility index (Phi) is 5.63. The van der Waals surface area contributed by atoms with Crippen LogP contribution in [0.1, 0.15) is 18.3 Å². The van der Waals surface area contributed by atoms with Crippen molar-refractivity contribution < 1.29 is 9.84 Å². The van der Waals surface area contributed by atoms with Crippen LogP contribution in [0.2, 0.25) is 0 Å². The van der Waals surface area contributed by atoms with E-state index in [1.807, 2.05) is 49.0 Å². The number of fused-ring (bicyclic) bond motifs is 1. The standard InChI is InChI=1S/C19H24N4O2/c1-3-25-18-6-7-19-15(10-18)4-5-16(21-19)12-23(8-9-24)13-17-11-20-14-22(17)2/h4-7,10-11,14,24H,3,8-9,12-13H2,1-2H3. The van der Waals surface area contributed by atoms with E-state index >= 15 is 0 Å². The molecular formula is C19H24N4O2. The average Bonchev–Trinajstić information content (AvgIpc) is 3.00. The fourth-order valence-corrected chi connectivity index (χ4v) is 2.84. The van der Waals surface area contributed by atoms with E-state index in [1.54, 1.807) is 6.33 Å². The minimum Gasteiger partial charge on any atom is -0.494 e. The van der Waals surface area contributed by atoms with Crippen LogP contribution in [0.25, 0.3) is 10.9 Å². The van der Waals surface area contributed by atoms with Crippen LogP contribution < -0.4 is 4.74 Å². The highest BCUT2D eigenvalue weighted by Gasteiger charge is 2.10. The van der Waals surface area contributed by atoms with Gasteiger partial charge in [-0.05, 0) is 31.2 Å². The summed E-state index contributed by atoms with van der Waals surface area (Å²) in [5.74, 6) is 0.864. The normalized spacial score (nSPS) is 11.4. The number of nitrogens with zero attached hydrogens (tertiary/aromatic N) is 4. The lowest BCUT2D eigenvalue weighted by atomic mass is 10.2. The summed E-state index contributed by atoms with van der Waals surface area (Å²) in [7, 11) is 1.98. The van der Waals surface area contributed by atoms with Crippen molar-refractivity contribution in [1.29, 1.82) is 0 Å². The molecule has 0 saturated heterocycles. The van der Waals surface area contributed by atoms with Crippen molar-refractivity contribution in [3.05, 3.63) is 54.2 Å². The first kappa shape index (κ1) is 17.4. The van der Waals surface area contributed by atoms with E-state index in [2.05, 4.69) is 16.0 Å². The first-order chi connectivity index (χ1) is 12.2. The van der Waals surface area contributed by atoms with Crippen molar-refractivity contribution in [2.75, 3.05) is 19.8 Å². The van der Waals surface area contributed by atoms with E-state index in [-0.39, 0.29) is 6.61 Å². The Bertz CT molecular complexity index is 831. The molecule has 0 bridgehead atoms. The van der Waals surface area contributed by atoms with Gasteiger partial charge in [-0.3, -0.25) is 9.88 Å². The Balaban J connectivity index is 1.77. The van der Waals surface area contributed by atoms with E-state index in [0.717, 1.165) is 34.6 Å². The summed E-state index contributed by atoms with van der Waals surface area (Å²) in [6.07, 6.45) is 3.64. The van der Waals surface area contributed by atoms with Crippen molar-refractivity contribution in [3.63, 3.8) is 0 Å². The van der Waals surface area contributed by atoms with Crippen LogP contribution in [-0.2, 0) is 20.1 Å². The van der Waals surface area contributed by atoms with E-state index in [0.29, 0.717) is 19.7 Å². The molecule has 6 nitrogen and oxygen atoms in total. The fourth-order valence-electron chi connectivity index (χ4n) is 2.84. The third-order valence-corrected chi connectivity index (χ3v) is 4.13. The predicted octanol–water partition coefficient (Wildman–Crippen LogP) is 2.36. The Morgan fingerprint density at radius 1 is 1.20 bits per heavy atom. The number of ether oxygens (including phenoxy) is 1. The summed E-state index contributed by atoms with van der Waals surface area (Å²) >= 11 is 0. The van der Waals surface area contributed by atoms with E-state index in [1.165, 1.54) is 0 Å². The lowest BCUT2D eigenvalue weighted by Gasteiger charge is -2.21.